The van der Waals surface area contributed by atoms with Gasteiger partial charge in [-0.1, -0.05) is 19.9 Å². The third-order valence-electron chi connectivity index (χ3n) is 2.58. The van der Waals surface area contributed by atoms with Crippen LogP contribution in [-0.2, 0) is 4.79 Å². The van der Waals surface area contributed by atoms with Crippen LogP contribution in [0.5, 0.6) is 0 Å². The Morgan fingerprint density at radius 3 is 2.31 bits per heavy atom. The van der Waals surface area contributed by atoms with E-state index in [4.69, 9.17) is 0 Å². The summed E-state index contributed by atoms with van der Waals surface area (Å²) in [7, 11) is 0. The molecule has 1 atom stereocenters. The zero-order valence-electron chi connectivity index (χ0n) is 9.82. The number of amides is 1. The maximum Gasteiger partial charge on any atom is 0.397 e. The second-order valence-corrected chi connectivity index (χ2v) is 4.56. The van der Waals surface area contributed by atoms with E-state index in [2.05, 4.69) is 11.9 Å². The fourth-order valence-corrected chi connectivity index (χ4v) is 1.22. The molecule has 1 amide bonds. The van der Waals surface area contributed by atoms with Crippen LogP contribution in [0.3, 0.4) is 0 Å². The van der Waals surface area contributed by atoms with Crippen molar-refractivity contribution in [1.29, 1.82) is 0 Å². The highest BCUT2D eigenvalue weighted by molar-refractivity contribution is 5.76. The van der Waals surface area contributed by atoms with Gasteiger partial charge in [0.25, 0.3) is 0 Å². The van der Waals surface area contributed by atoms with Crippen molar-refractivity contribution in [2.45, 2.75) is 45.8 Å². The Kier molecular flexibility index (Phi) is 5.03. The molecule has 16 heavy (non-hydrogen) atoms. The molecule has 0 heterocycles. The molecule has 1 unspecified atom stereocenters. The highest BCUT2D eigenvalue weighted by Crippen LogP contribution is 2.26. The lowest BCUT2D eigenvalue weighted by Crippen LogP contribution is -2.43. The SMILES string of the molecule is C=CCC(C)(C)C(C)NC(=O)CC(F)(F)F. The first-order valence-corrected chi connectivity index (χ1v) is 5.05. The highest BCUT2D eigenvalue weighted by Gasteiger charge is 2.33. The lowest BCUT2D eigenvalue weighted by atomic mass is 9.82. The molecule has 0 aromatic heterocycles. The molecule has 0 aliphatic heterocycles. The molecular weight excluding hydrogens is 219 g/mol. The lowest BCUT2D eigenvalue weighted by Gasteiger charge is -2.31. The van der Waals surface area contributed by atoms with E-state index in [-0.39, 0.29) is 11.5 Å². The normalized spacial score (nSPS) is 14.4. The largest absolute Gasteiger partial charge is 0.397 e. The van der Waals surface area contributed by atoms with Gasteiger partial charge in [-0.3, -0.25) is 4.79 Å². The Morgan fingerprint density at radius 2 is 1.94 bits per heavy atom. The van der Waals surface area contributed by atoms with Crippen molar-refractivity contribution >= 4 is 5.91 Å². The Hall–Kier alpha value is -1.00. The van der Waals surface area contributed by atoms with Crippen LogP contribution in [0.4, 0.5) is 13.2 Å². The predicted octanol–water partition coefficient (Wildman–Crippen LogP) is 3.05. The zero-order valence-corrected chi connectivity index (χ0v) is 9.82. The van der Waals surface area contributed by atoms with Crippen LogP contribution >= 0.6 is 0 Å². The van der Waals surface area contributed by atoms with Gasteiger partial charge in [0.1, 0.15) is 6.42 Å². The lowest BCUT2D eigenvalue weighted by molar-refractivity contribution is -0.154. The summed E-state index contributed by atoms with van der Waals surface area (Å²) in [4.78, 5) is 11.1. The third-order valence-corrected chi connectivity index (χ3v) is 2.58. The smallest absolute Gasteiger partial charge is 0.353 e. The summed E-state index contributed by atoms with van der Waals surface area (Å²) < 4.78 is 35.8. The van der Waals surface area contributed by atoms with E-state index in [9.17, 15) is 18.0 Å². The van der Waals surface area contributed by atoms with Crippen LogP contribution in [0, 0.1) is 5.41 Å². The van der Waals surface area contributed by atoms with Crippen molar-refractivity contribution in [3.63, 3.8) is 0 Å². The van der Waals surface area contributed by atoms with Gasteiger partial charge in [0.05, 0.1) is 0 Å². The molecule has 0 fully saturated rings. The molecule has 0 rings (SSSR count). The number of carbonyl (C=O) groups excluding carboxylic acids is 1. The summed E-state index contributed by atoms with van der Waals surface area (Å²) >= 11 is 0. The van der Waals surface area contributed by atoms with Crippen molar-refractivity contribution in [2.24, 2.45) is 5.41 Å². The molecule has 5 heteroatoms. The van der Waals surface area contributed by atoms with Crippen LogP contribution < -0.4 is 5.32 Å². The van der Waals surface area contributed by atoms with Gasteiger partial charge in [-0.15, -0.1) is 6.58 Å². The molecule has 0 bridgehead atoms. The number of nitrogens with one attached hydrogen (secondary N) is 1. The second-order valence-electron chi connectivity index (χ2n) is 4.56. The van der Waals surface area contributed by atoms with E-state index in [0.717, 1.165) is 0 Å². The minimum atomic E-state index is -4.45. The monoisotopic (exact) mass is 237 g/mol. The first-order chi connectivity index (χ1) is 7.08. The third kappa shape index (κ3) is 5.78. The van der Waals surface area contributed by atoms with Crippen LogP contribution in [0.15, 0.2) is 12.7 Å². The first-order valence-electron chi connectivity index (χ1n) is 5.05. The van der Waals surface area contributed by atoms with Crippen molar-refractivity contribution in [3.8, 4) is 0 Å². The summed E-state index contributed by atoms with van der Waals surface area (Å²) in [5, 5.41) is 2.35. The van der Waals surface area contributed by atoms with Gasteiger partial charge in [0.2, 0.25) is 5.91 Å². The molecule has 2 nitrogen and oxygen atoms in total. The van der Waals surface area contributed by atoms with Gasteiger partial charge >= 0.3 is 6.18 Å². The average molecular weight is 237 g/mol. The molecule has 1 N–H and O–H groups in total. The van der Waals surface area contributed by atoms with E-state index in [1.54, 1.807) is 13.0 Å². The molecule has 0 aliphatic rings. The van der Waals surface area contributed by atoms with E-state index in [1.165, 1.54) is 0 Å². The van der Waals surface area contributed by atoms with Crippen LogP contribution in [0.25, 0.3) is 0 Å². The molecule has 0 saturated heterocycles. The molecule has 0 saturated carbocycles. The second kappa shape index (κ2) is 5.37. The van der Waals surface area contributed by atoms with Gasteiger partial charge in [0, 0.05) is 6.04 Å². The molecule has 0 radical (unpaired) electrons. The average Bonchev–Trinajstić information content (AvgIpc) is 1.99. The summed E-state index contributed by atoms with van der Waals surface area (Å²) in [5.74, 6) is -0.989. The molecule has 0 aromatic rings. The number of alkyl halides is 3. The summed E-state index contributed by atoms with van der Waals surface area (Å²) in [5.41, 5.74) is -0.303. The number of hydrogen-bond donors (Lipinski definition) is 1. The van der Waals surface area contributed by atoms with E-state index in [0.29, 0.717) is 6.42 Å². The van der Waals surface area contributed by atoms with Gasteiger partial charge in [0.15, 0.2) is 0 Å². The zero-order chi connectivity index (χ0) is 13.0. The van der Waals surface area contributed by atoms with E-state index >= 15 is 0 Å². The van der Waals surface area contributed by atoms with E-state index < -0.39 is 18.5 Å². The van der Waals surface area contributed by atoms with Crippen LogP contribution in [0.2, 0.25) is 0 Å². The Balaban J connectivity index is 4.29. The fraction of sp³-hybridized carbons (Fsp3) is 0.727. The predicted molar refractivity (Wildman–Crippen MR) is 56.9 cm³/mol. The maximum absolute atomic E-state index is 11.9. The van der Waals surface area contributed by atoms with Gasteiger partial charge in [-0.25, -0.2) is 0 Å². The number of hydrogen-bond acceptors (Lipinski definition) is 1. The Bertz CT molecular complexity index is 258. The fourth-order valence-electron chi connectivity index (χ4n) is 1.22. The van der Waals surface area contributed by atoms with E-state index in [1.807, 2.05) is 13.8 Å². The van der Waals surface area contributed by atoms with Gasteiger partial charge in [-0.2, -0.15) is 13.2 Å². The van der Waals surface area contributed by atoms with Crippen molar-refractivity contribution in [1.82, 2.24) is 5.32 Å². The quantitative estimate of drug-likeness (QED) is 0.731. The van der Waals surface area contributed by atoms with Crippen molar-refractivity contribution < 1.29 is 18.0 Å². The summed E-state index contributed by atoms with van der Waals surface area (Å²) in [6, 6.07) is -0.333. The molecule has 94 valence electrons. The Morgan fingerprint density at radius 1 is 1.44 bits per heavy atom. The highest BCUT2D eigenvalue weighted by atomic mass is 19.4. The van der Waals surface area contributed by atoms with Crippen LogP contribution in [-0.4, -0.2) is 18.1 Å². The minimum absolute atomic E-state index is 0.303. The maximum atomic E-state index is 11.9. The first kappa shape index (κ1) is 15.0. The molecule has 0 spiro atoms. The summed E-state index contributed by atoms with van der Waals surface area (Å²) in [6.07, 6.45) is -3.57. The number of carbonyl (C=O) groups is 1. The summed E-state index contributed by atoms with van der Waals surface area (Å²) in [6.45, 7) is 9.00. The Labute approximate surface area is 93.9 Å². The minimum Gasteiger partial charge on any atom is -0.353 e. The van der Waals surface area contributed by atoms with Crippen molar-refractivity contribution in [2.75, 3.05) is 0 Å². The molecule has 0 aliphatic carbocycles. The topological polar surface area (TPSA) is 29.1 Å². The molecular formula is C11H18F3NO. The molecule has 0 aromatic carbocycles. The van der Waals surface area contributed by atoms with Crippen molar-refractivity contribution in [3.05, 3.63) is 12.7 Å². The van der Waals surface area contributed by atoms with Crippen LogP contribution in [0.1, 0.15) is 33.6 Å². The number of halogens is 3. The van der Waals surface area contributed by atoms with Gasteiger partial charge < -0.3 is 5.32 Å². The number of allylic oxidation sites excluding steroid dienone is 1. The number of rotatable bonds is 5. The standard InChI is InChI=1S/C11H18F3NO/c1-5-6-10(3,4)8(2)15-9(16)7-11(12,13)14/h5,8H,1,6-7H2,2-4H3,(H,15,16). The van der Waals surface area contributed by atoms with Gasteiger partial charge in [-0.05, 0) is 18.8 Å².